The van der Waals surface area contributed by atoms with Gasteiger partial charge in [0.15, 0.2) is 0 Å². The Hall–Kier alpha value is -1.04. The van der Waals surface area contributed by atoms with Crippen LogP contribution in [-0.4, -0.2) is 32.0 Å². The zero-order valence-corrected chi connectivity index (χ0v) is 17.8. The van der Waals surface area contributed by atoms with E-state index in [-0.39, 0.29) is 22.2 Å². The van der Waals surface area contributed by atoms with Crippen LogP contribution in [0.25, 0.3) is 0 Å². The number of hydrogen-bond acceptors (Lipinski definition) is 4. The van der Waals surface area contributed by atoms with Gasteiger partial charge in [-0.25, -0.2) is 0 Å². The molecule has 5 heteroatoms. The van der Waals surface area contributed by atoms with Gasteiger partial charge in [0.2, 0.25) is 0 Å². The van der Waals surface area contributed by atoms with Crippen molar-refractivity contribution in [3.8, 4) is 5.75 Å². The molecule has 1 fully saturated rings. The monoisotopic (exact) mass is 360 g/mol. The molecular formula is C21H33BO4. The van der Waals surface area contributed by atoms with Crippen molar-refractivity contribution in [3.63, 3.8) is 0 Å². The van der Waals surface area contributed by atoms with Crippen molar-refractivity contribution in [1.82, 2.24) is 0 Å². The summed E-state index contributed by atoms with van der Waals surface area (Å²) >= 11 is 0. The van der Waals surface area contributed by atoms with E-state index in [1.165, 1.54) is 5.56 Å². The summed E-state index contributed by atoms with van der Waals surface area (Å²) in [7, 11) is 1.38. The number of fused-ring (bicyclic) bond motifs is 1. The second kappa shape index (κ2) is 5.98. The molecule has 1 aromatic carbocycles. The molecule has 26 heavy (non-hydrogen) atoms. The summed E-state index contributed by atoms with van der Waals surface area (Å²) in [5.41, 5.74) is 2.13. The standard InChI is InChI=1S/C21H33BO4/c1-18(2,3)15-12-14(22-25-19(4,5)20(6,7)26-22)13-16-17(15)24-11-10-21(16,8)23-9/h12-13H,10-11H2,1-9H3. The van der Waals surface area contributed by atoms with Gasteiger partial charge in [0, 0.05) is 19.1 Å². The van der Waals surface area contributed by atoms with Crippen molar-refractivity contribution in [2.75, 3.05) is 13.7 Å². The molecule has 0 N–H and O–H groups in total. The third kappa shape index (κ3) is 3.08. The molecule has 0 radical (unpaired) electrons. The van der Waals surface area contributed by atoms with Crippen LogP contribution >= 0.6 is 0 Å². The highest BCUT2D eigenvalue weighted by molar-refractivity contribution is 6.62. The first-order valence-electron chi connectivity index (χ1n) is 9.53. The molecule has 144 valence electrons. The lowest BCUT2D eigenvalue weighted by atomic mass is 9.71. The first-order chi connectivity index (χ1) is 11.8. The fraction of sp³-hybridized carbons (Fsp3) is 0.714. The number of benzene rings is 1. The average Bonchev–Trinajstić information content (AvgIpc) is 2.74. The fourth-order valence-electron chi connectivity index (χ4n) is 3.57. The zero-order chi connectivity index (χ0) is 19.5. The maximum Gasteiger partial charge on any atom is 0.494 e. The number of ether oxygens (including phenoxy) is 2. The van der Waals surface area contributed by atoms with Crippen molar-refractivity contribution in [1.29, 1.82) is 0 Å². The molecule has 0 bridgehead atoms. The summed E-state index contributed by atoms with van der Waals surface area (Å²) in [5.74, 6) is 0.952. The summed E-state index contributed by atoms with van der Waals surface area (Å²) in [6, 6.07) is 4.33. The second-order valence-electron chi connectivity index (χ2n) is 9.82. The van der Waals surface area contributed by atoms with Crippen molar-refractivity contribution in [2.24, 2.45) is 0 Å². The molecule has 2 heterocycles. The Morgan fingerprint density at radius 3 is 2.08 bits per heavy atom. The first-order valence-corrected chi connectivity index (χ1v) is 9.53. The van der Waals surface area contributed by atoms with Gasteiger partial charge in [-0.15, -0.1) is 0 Å². The molecule has 2 aliphatic rings. The fourth-order valence-corrected chi connectivity index (χ4v) is 3.57. The zero-order valence-electron chi connectivity index (χ0n) is 17.8. The summed E-state index contributed by atoms with van der Waals surface area (Å²) in [6.45, 7) is 17.7. The quantitative estimate of drug-likeness (QED) is 0.749. The van der Waals surface area contributed by atoms with Gasteiger partial charge in [0.05, 0.1) is 23.4 Å². The van der Waals surface area contributed by atoms with Crippen LogP contribution in [0.3, 0.4) is 0 Å². The molecule has 1 atom stereocenters. The van der Waals surface area contributed by atoms with Crippen molar-refractivity contribution < 1.29 is 18.8 Å². The minimum absolute atomic E-state index is 0.0598. The molecule has 0 amide bonds. The SMILES string of the molecule is COC1(C)CCOc2c(C(C)(C)C)cc(B3OC(C)(C)C(C)(C)O3)cc21. The smallest absolute Gasteiger partial charge is 0.493 e. The highest BCUT2D eigenvalue weighted by Crippen LogP contribution is 2.45. The molecule has 1 aromatic rings. The Morgan fingerprint density at radius 2 is 1.58 bits per heavy atom. The van der Waals surface area contributed by atoms with Gasteiger partial charge >= 0.3 is 7.12 Å². The molecule has 0 aromatic heterocycles. The lowest BCUT2D eigenvalue weighted by Gasteiger charge is -2.38. The van der Waals surface area contributed by atoms with Crippen LogP contribution in [0.2, 0.25) is 0 Å². The summed E-state index contributed by atoms with van der Waals surface area (Å²) in [5, 5.41) is 0. The molecule has 0 aliphatic carbocycles. The second-order valence-corrected chi connectivity index (χ2v) is 9.82. The Balaban J connectivity index is 2.16. The normalized spacial score (nSPS) is 27.2. The van der Waals surface area contributed by atoms with E-state index in [4.69, 9.17) is 18.8 Å². The summed E-state index contributed by atoms with van der Waals surface area (Å²) in [6.07, 6.45) is 0.826. The minimum Gasteiger partial charge on any atom is -0.493 e. The Kier molecular flexibility index (Phi) is 4.54. The molecule has 0 saturated carbocycles. The van der Waals surface area contributed by atoms with E-state index in [1.807, 2.05) is 0 Å². The number of rotatable bonds is 2. The Labute approximate surface area is 158 Å². The third-order valence-corrected chi connectivity index (χ3v) is 6.29. The Morgan fingerprint density at radius 1 is 1.00 bits per heavy atom. The predicted molar refractivity (Wildman–Crippen MR) is 105 cm³/mol. The van der Waals surface area contributed by atoms with Gasteiger partial charge in [0.1, 0.15) is 5.75 Å². The van der Waals surface area contributed by atoms with Crippen LogP contribution in [0.15, 0.2) is 12.1 Å². The molecule has 1 saturated heterocycles. The van der Waals surface area contributed by atoms with Crippen LogP contribution in [-0.2, 0) is 25.1 Å². The Bertz CT molecular complexity index is 689. The molecular weight excluding hydrogens is 327 g/mol. The first kappa shape index (κ1) is 19.7. The van der Waals surface area contributed by atoms with E-state index >= 15 is 0 Å². The van der Waals surface area contributed by atoms with Crippen LogP contribution < -0.4 is 10.2 Å². The van der Waals surface area contributed by atoms with E-state index in [2.05, 4.69) is 67.5 Å². The molecule has 4 nitrogen and oxygen atoms in total. The number of methoxy groups -OCH3 is 1. The maximum atomic E-state index is 6.31. The highest BCUT2D eigenvalue weighted by atomic mass is 16.7. The van der Waals surface area contributed by atoms with Gasteiger partial charge in [0.25, 0.3) is 0 Å². The van der Waals surface area contributed by atoms with Crippen molar-refractivity contribution >= 4 is 12.6 Å². The van der Waals surface area contributed by atoms with E-state index < -0.39 is 7.12 Å². The number of hydrogen-bond donors (Lipinski definition) is 0. The minimum atomic E-state index is -0.394. The highest BCUT2D eigenvalue weighted by Gasteiger charge is 2.52. The summed E-state index contributed by atoms with van der Waals surface area (Å²) < 4.78 is 24.6. The predicted octanol–water partition coefficient (Wildman–Crippen LogP) is 3.93. The molecule has 3 rings (SSSR count). The van der Waals surface area contributed by atoms with Crippen molar-refractivity contribution in [2.45, 2.75) is 84.0 Å². The van der Waals surface area contributed by atoms with Crippen LogP contribution in [0.1, 0.15) is 72.9 Å². The largest absolute Gasteiger partial charge is 0.494 e. The lowest BCUT2D eigenvalue weighted by Crippen LogP contribution is -2.41. The van der Waals surface area contributed by atoms with Gasteiger partial charge in [-0.1, -0.05) is 32.9 Å². The van der Waals surface area contributed by atoms with Gasteiger partial charge in [-0.05, 0) is 51.1 Å². The van der Waals surface area contributed by atoms with E-state index in [1.54, 1.807) is 7.11 Å². The van der Waals surface area contributed by atoms with Crippen LogP contribution in [0, 0.1) is 0 Å². The molecule has 1 unspecified atom stereocenters. The summed E-state index contributed by atoms with van der Waals surface area (Å²) in [4.78, 5) is 0. The average molecular weight is 360 g/mol. The van der Waals surface area contributed by atoms with E-state index in [0.29, 0.717) is 6.61 Å². The third-order valence-electron chi connectivity index (χ3n) is 6.29. The van der Waals surface area contributed by atoms with Crippen LogP contribution in [0.4, 0.5) is 0 Å². The molecule has 0 spiro atoms. The van der Waals surface area contributed by atoms with E-state index in [0.717, 1.165) is 23.2 Å². The van der Waals surface area contributed by atoms with Gasteiger partial charge in [-0.2, -0.15) is 0 Å². The maximum absolute atomic E-state index is 6.31. The van der Waals surface area contributed by atoms with E-state index in [9.17, 15) is 0 Å². The lowest BCUT2D eigenvalue weighted by molar-refractivity contribution is -0.0294. The topological polar surface area (TPSA) is 36.9 Å². The molecule has 2 aliphatic heterocycles. The van der Waals surface area contributed by atoms with Gasteiger partial charge < -0.3 is 18.8 Å². The van der Waals surface area contributed by atoms with Gasteiger partial charge in [-0.3, -0.25) is 0 Å². The van der Waals surface area contributed by atoms with Crippen molar-refractivity contribution in [3.05, 3.63) is 23.3 Å². The van der Waals surface area contributed by atoms with Crippen LogP contribution in [0.5, 0.6) is 5.75 Å².